The quantitative estimate of drug-likeness (QED) is 0.0341. The smallest absolute Gasteiger partial charge is 0.306 e. The van der Waals surface area contributed by atoms with Crippen molar-refractivity contribution < 1.29 is 110 Å². The third-order valence-electron chi connectivity index (χ3n) is 12.0. The second-order valence-corrected chi connectivity index (χ2v) is 20.7. The van der Waals surface area contributed by atoms with Crippen molar-refractivity contribution in [2.45, 2.75) is 233 Å². The van der Waals surface area contributed by atoms with Gasteiger partial charge in [-0.1, -0.05) is 6.42 Å². The number of rotatable bonds is 35. The van der Waals surface area contributed by atoms with Crippen molar-refractivity contribution in [2.75, 3.05) is 39.5 Å². The largest absolute Gasteiger partial charge is 0.463 e. The van der Waals surface area contributed by atoms with Crippen LogP contribution in [0.1, 0.15) is 160 Å². The lowest BCUT2D eigenvalue weighted by Crippen LogP contribution is -2.66. The fourth-order valence-corrected chi connectivity index (χ4v) is 8.66. The highest BCUT2D eigenvalue weighted by Gasteiger charge is 2.53. The lowest BCUT2D eigenvalue weighted by molar-refractivity contribution is -0.277. The van der Waals surface area contributed by atoms with Gasteiger partial charge in [-0.2, -0.15) is 0 Å². The number of esters is 7. The minimum atomic E-state index is -1.31. The van der Waals surface area contributed by atoms with E-state index in [2.05, 4.69) is 26.6 Å². The third-order valence-corrected chi connectivity index (χ3v) is 12.0. The Morgan fingerprint density at radius 2 is 0.878 bits per heavy atom. The number of carbonyl (C=O) groups is 12. The summed E-state index contributed by atoms with van der Waals surface area (Å²) in [5.41, 5.74) is -0.601. The molecule has 0 aromatic carbocycles. The first-order chi connectivity index (χ1) is 38.6. The Labute approximate surface area is 478 Å². The molecule has 2 aliphatic rings. The molecule has 82 heavy (non-hydrogen) atoms. The monoisotopic (exact) mass is 1170 g/mol. The summed E-state index contributed by atoms with van der Waals surface area (Å²) >= 11 is 0. The summed E-state index contributed by atoms with van der Waals surface area (Å²) in [7, 11) is 0. The maximum atomic E-state index is 13.5. The number of ether oxygens (including phenoxy) is 11. The standard InChI is InChI=1S/C54H87N5O23/c1-31(60)57-45-49(78-37(7)66)47(76-35(5)64)40(29-74-33(3)62)80-52(45)72-27-19-15-22-42(68)55-25-18-14-21-39(51(71)56-26-17-12-13-24-44(70)82-54(9,10)11)59-43(69)23-16-20-28-73-53-46(58-32(2)61)50(79-38(8)67)48(77-36(6)65)41(81-53)30-75-34(4)63/h39-41,45-50,52-53H,12-30H2,1-11H3,(H,55,68)(H,56,71)(H,57,60)(H,58,61)(H,59,69)/t39-,40?,41?,45?,46?,47?,48?,49?,50?,52?,53?/m0/s1. The molecule has 0 saturated carbocycles. The zero-order valence-electron chi connectivity index (χ0n) is 49.2. The van der Waals surface area contributed by atoms with Crippen molar-refractivity contribution in [2.24, 2.45) is 0 Å². The molecule has 2 fully saturated rings. The number of hydrogen-bond acceptors (Lipinski definition) is 23. The highest BCUT2D eigenvalue weighted by atomic mass is 16.7. The summed E-state index contributed by atoms with van der Waals surface area (Å²) in [5, 5.41) is 13.8. The summed E-state index contributed by atoms with van der Waals surface area (Å²) in [5.74, 6) is -6.85. The van der Waals surface area contributed by atoms with Gasteiger partial charge in [0.25, 0.3) is 0 Å². The average molecular weight is 1170 g/mol. The first-order valence-corrected chi connectivity index (χ1v) is 27.7. The van der Waals surface area contributed by atoms with Crippen molar-refractivity contribution >= 4 is 71.3 Å². The van der Waals surface area contributed by atoms with E-state index in [-0.39, 0.29) is 76.7 Å². The Hall–Kier alpha value is -6.52. The number of nitrogens with one attached hydrogen (secondary N) is 5. The molecule has 28 nitrogen and oxygen atoms in total. The summed E-state index contributed by atoms with van der Waals surface area (Å²) in [6.07, 6.45) is -5.56. The van der Waals surface area contributed by atoms with E-state index in [0.717, 1.165) is 34.6 Å². The topological polar surface area (TPSA) is 367 Å². The molecule has 2 aliphatic heterocycles. The molecule has 5 N–H and O–H groups in total. The molecule has 0 aromatic heterocycles. The highest BCUT2D eigenvalue weighted by molar-refractivity contribution is 5.87. The molecular weight excluding hydrogens is 1090 g/mol. The molecule has 10 unspecified atom stereocenters. The lowest BCUT2D eigenvalue weighted by atomic mass is 9.96. The van der Waals surface area contributed by atoms with Gasteiger partial charge >= 0.3 is 41.8 Å². The van der Waals surface area contributed by atoms with Crippen LogP contribution in [0.15, 0.2) is 0 Å². The van der Waals surface area contributed by atoms with E-state index < -0.39 is 146 Å². The van der Waals surface area contributed by atoms with Crippen LogP contribution in [0.5, 0.6) is 0 Å². The summed E-state index contributed by atoms with van der Waals surface area (Å²) in [4.78, 5) is 148. The van der Waals surface area contributed by atoms with E-state index in [1.165, 1.54) is 20.8 Å². The fourth-order valence-electron chi connectivity index (χ4n) is 8.66. The first-order valence-electron chi connectivity index (χ1n) is 27.7. The van der Waals surface area contributed by atoms with E-state index in [0.29, 0.717) is 44.9 Å². The van der Waals surface area contributed by atoms with Crippen LogP contribution in [-0.4, -0.2) is 184 Å². The minimum absolute atomic E-state index is 0.0186. The van der Waals surface area contributed by atoms with Gasteiger partial charge in [0.1, 0.15) is 49.1 Å². The van der Waals surface area contributed by atoms with E-state index in [9.17, 15) is 57.5 Å². The van der Waals surface area contributed by atoms with E-state index >= 15 is 0 Å². The van der Waals surface area contributed by atoms with Crippen LogP contribution in [0.2, 0.25) is 0 Å². The van der Waals surface area contributed by atoms with Gasteiger partial charge in [0, 0.05) is 101 Å². The molecule has 0 bridgehead atoms. The van der Waals surface area contributed by atoms with Gasteiger partial charge in [0.15, 0.2) is 37.0 Å². The van der Waals surface area contributed by atoms with E-state index in [1.54, 1.807) is 20.8 Å². The van der Waals surface area contributed by atoms with Crippen LogP contribution in [0.25, 0.3) is 0 Å². The van der Waals surface area contributed by atoms with Crippen LogP contribution in [0.3, 0.4) is 0 Å². The first kappa shape index (κ1) is 71.6. The second kappa shape index (κ2) is 37.6. The number of amides is 5. The summed E-state index contributed by atoms with van der Waals surface area (Å²) in [6.45, 7) is 14.4. The molecule has 0 aliphatic carbocycles. The van der Waals surface area contributed by atoms with Gasteiger partial charge in [0.05, 0.1) is 0 Å². The molecular formula is C54H87N5O23. The molecule has 466 valence electrons. The van der Waals surface area contributed by atoms with E-state index in [4.69, 9.17) is 52.1 Å². The molecule has 5 amide bonds. The van der Waals surface area contributed by atoms with Crippen LogP contribution in [0, 0.1) is 0 Å². The molecule has 11 atom stereocenters. The van der Waals surface area contributed by atoms with E-state index in [1.807, 2.05) is 0 Å². The Bertz CT molecular complexity index is 2140. The van der Waals surface area contributed by atoms with Gasteiger partial charge in [-0.25, -0.2) is 0 Å². The summed E-state index contributed by atoms with van der Waals surface area (Å²) < 4.78 is 61.4. The number of unbranched alkanes of at least 4 members (excludes halogenated alkanes) is 5. The Morgan fingerprint density at radius 3 is 1.30 bits per heavy atom. The molecule has 2 saturated heterocycles. The Balaban J connectivity index is 2.01. The molecule has 2 heterocycles. The van der Waals surface area contributed by atoms with Crippen molar-refractivity contribution in [3.05, 3.63) is 0 Å². The summed E-state index contributed by atoms with van der Waals surface area (Å²) in [6, 6.07) is -3.24. The van der Waals surface area contributed by atoms with Crippen molar-refractivity contribution in [3.8, 4) is 0 Å². The SMILES string of the molecule is CC(=O)NC1C(OCCCCC(=O)NCCCC[C@H](NC(=O)CCCCOC2OC(COC(C)=O)C(OC(C)=O)C(OC(C)=O)C2NC(C)=O)C(=O)NCCCCCC(=O)OC(C)(C)C)OC(COC(C)=O)C(OC(C)=O)C1OC(C)=O. The van der Waals surface area contributed by atoms with Crippen molar-refractivity contribution in [1.29, 1.82) is 0 Å². The van der Waals surface area contributed by atoms with Crippen LogP contribution in [-0.2, 0) is 110 Å². The van der Waals surface area contributed by atoms with Gasteiger partial charge in [0.2, 0.25) is 29.5 Å². The maximum Gasteiger partial charge on any atom is 0.306 e. The van der Waals surface area contributed by atoms with Crippen LogP contribution >= 0.6 is 0 Å². The van der Waals surface area contributed by atoms with Gasteiger partial charge in [-0.05, 0) is 78.6 Å². The molecule has 28 heteroatoms. The Kier molecular flexibility index (Phi) is 32.8. The van der Waals surface area contributed by atoms with Gasteiger partial charge in [-0.15, -0.1) is 0 Å². The third kappa shape index (κ3) is 30.0. The van der Waals surface area contributed by atoms with Gasteiger partial charge in [-0.3, -0.25) is 57.5 Å². The normalized spacial score (nSPS) is 22.6. The predicted octanol–water partition coefficient (Wildman–Crippen LogP) is 1.46. The molecule has 2 rings (SSSR count). The fraction of sp³-hybridized carbons (Fsp3) is 0.778. The molecule has 0 spiro atoms. The van der Waals surface area contributed by atoms with Crippen LogP contribution < -0.4 is 26.6 Å². The zero-order chi connectivity index (χ0) is 61.5. The minimum Gasteiger partial charge on any atom is -0.463 e. The lowest BCUT2D eigenvalue weighted by Gasteiger charge is -2.44. The number of hydrogen-bond donors (Lipinski definition) is 5. The van der Waals surface area contributed by atoms with Crippen molar-refractivity contribution in [3.63, 3.8) is 0 Å². The zero-order valence-corrected chi connectivity index (χ0v) is 49.2. The predicted molar refractivity (Wildman–Crippen MR) is 284 cm³/mol. The molecule has 0 radical (unpaired) electrons. The van der Waals surface area contributed by atoms with Gasteiger partial charge < -0.3 is 78.7 Å². The van der Waals surface area contributed by atoms with Crippen molar-refractivity contribution in [1.82, 2.24) is 26.6 Å². The maximum absolute atomic E-state index is 13.5. The van der Waals surface area contributed by atoms with Crippen LogP contribution in [0.4, 0.5) is 0 Å². The number of carbonyl (C=O) groups excluding carboxylic acids is 12. The second-order valence-electron chi connectivity index (χ2n) is 20.7. The Morgan fingerprint density at radius 1 is 0.463 bits per heavy atom. The average Bonchev–Trinajstić information content (AvgIpc) is 3.52. The highest BCUT2D eigenvalue weighted by Crippen LogP contribution is 2.30. The molecule has 0 aromatic rings.